The molecule has 120 valence electrons. The zero-order valence-electron chi connectivity index (χ0n) is 11.5. The number of benzene rings is 1. The molecule has 0 aromatic heterocycles. The molecular formula is C13H18Cl2F2N2O2. The fourth-order valence-electron chi connectivity index (χ4n) is 2.59. The molecule has 1 aromatic rings. The molecule has 2 aliphatic heterocycles. The molecule has 2 heterocycles. The number of hydrogen-bond acceptors (Lipinski definition) is 4. The largest absolute Gasteiger partial charge is 0.586 e. The lowest BCUT2D eigenvalue weighted by Gasteiger charge is -2.33. The van der Waals surface area contributed by atoms with Crippen molar-refractivity contribution in [3.63, 3.8) is 0 Å². The maximum Gasteiger partial charge on any atom is 0.586 e. The van der Waals surface area contributed by atoms with Gasteiger partial charge in [-0.05, 0) is 13.0 Å². The van der Waals surface area contributed by atoms with Crippen LogP contribution in [-0.4, -0.2) is 37.4 Å². The fourth-order valence-corrected chi connectivity index (χ4v) is 2.59. The van der Waals surface area contributed by atoms with Crippen molar-refractivity contribution < 1.29 is 18.3 Å². The predicted octanol–water partition coefficient (Wildman–Crippen LogP) is 2.82. The molecule has 8 heteroatoms. The monoisotopic (exact) mass is 342 g/mol. The molecule has 1 fully saturated rings. The molecule has 3 rings (SSSR count). The Morgan fingerprint density at radius 2 is 1.86 bits per heavy atom. The number of nitrogens with one attached hydrogen (secondary N) is 1. The Bertz CT molecular complexity index is 485. The summed E-state index contributed by atoms with van der Waals surface area (Å²) in [4.78, 5) is 2.24. The summed E-state index contributed by atoms with van der Waals surface area (Å²) in [7, 11) is 0. The average Bonchev–Trinajstić information content (AvgIpc) is 2.72. The van der Waals surface area contributed by atoms with Gasteiger partial charge in [-0.25, -0.2) is 0 Å². The van der Waals surface area contributed by atoms with Gasteiger partial charge in [0.05, 0.1) is 0 Å². The lowest BCUT2D eigenvalue weighted by atomic mass is 10.0. The van der Waals surface area contributed by atoms with Crippen LogP contribution in [0, 0.1) is 0 Å². The van der Waals surface area contributed by atoms with Crippen LogP contribution in [0.5, 0.6) is 11.5 Å². The van der Waals surface area contributed by atoms with E-state index in [0.717, 1.165) is 31.7 Å². The van der Waals surface area contributed by atoms with Crippen molar-refractivity contribution in [2.24, 2.45) is 0 Å². The Hall–Kier alpha value is -0.820. The minimum atomic E-state index is -3.55. The molecule has 0 saturated carbocycles. The Kier molecular flexibility index (Phi) is 6.04. The molecule has 1 saturated heterocycles. The number of ether oxygens (including phenoxy) is 2. The van der Waals surface area contributed by atoms with Gasteiger partial charge in [-0.3, -0.25) is 4.90 Å². The highest BCUT2D eigenvalue weighted by atomic mass is 35.5. The number of alkyl halides is 2. The first-order chi connectivity index (χ1) is 9.07. The van der Waals surface area contributed by atoms with Gasteiger partial charge in [0.1, 0.15) is 0 Å². The second-order valence-electron chi connectivity index (χ2n) is 4.80. The molecule has 0 unspecified atom stereocenters. The van der Waals surface area contributed by atoms with E-state index in [1.165, 1.54) is 6.07 Å². The second kappa shape index (κ2) is 6.96. The number of hydrogen-bond donors (Lipinski definition) is 1. The van der Waals surface area contributed by atoms with E-state index in [2.05, 4.69) is 19.7 Å². The molecule has 0 bridgehead atoms. The lowest BCUT2D eigenvalue weighted by Crippen LogP contribution is -2.44. The van der Waals surface area contributed by atoms with E-state index in [1.54, 1.807) is 6.07 Å². The van der Waals surface area contributed by atoms with Crippen LogP contribution in [0.2, 0.25) is 0 Å². The van der Waals surface area contributed by atoms with Crippen LogP contribution in [0.1, 0.15) is 18.5 Å². The highest BCUT2D eigenvalue weighted by Gasteiger charge is 2.45. The summed E-state index contributed by atoms with van der Waals surface area (Å²) in [5.74, 6) is 0.281. The maximum absolute atomic E-state index is 13.2. The van der Waals surface area contributed by atoms with Crippen LogP contribution < -0.4 is 14.8 Å². The minimum Gasteiger partial charge on any atom is -0.395 e. The zero-order chi connectivity index (χ0) is 13.5. The van der Waals surface area contributed by atoms with Crippen molar-refractivity contribution in [3.8, 4) is 11.5 Å². The van der Waals surface area contributed by atoms with Gasteiger partial charge in [0.15, 0.2) is 11.5 Å². The summed E-state index contributed by atoms with van der Waals surface area (Å²) in [6, 6.07) is 5.06. The third-order valence-corrected chi connectivity index (χ3v) is 3.61. The Morgan fingerprint density at radius 3 is 2.52 bits per heavy atom. The summed E-state index contributed by atoms with van der Waals surface area (Å²) in [5.41, 5.74) is 0.747. The third-order valence-electron chi connectivity index (χ3n) is 3.61. The van der Waals surface area contributed by atoms with Gasteiger partial charge in [0, 0.05) is 37.8 Å². The fraction of sp³-hybridized carbons (Fsp3) is 0.538. The predicted molar refractivity (Wildman–Crippen MR) is 80.0 cm³/mol. The number of nitrogens with zero attached hydrogens (tertiary/aromatic N) is 1. The summed E-state index contributed by atoms with van der Waals surface area (Å²) in [6.45, 7) is 5.60. The number of halogens is 4. The van der Waals surface area contributed by atoms with E-state index < -0.39 is 6.29 Å². The molecule has 0 spiro atoms. The van der Waals surface area contributed by atoms with Gasteiger partial charge < -0.3 is 14.8 Å². The van der Waals surface area contributed by atoms with E-state index in [9.17, 15) is 8.78 Å². The molecular weight excluding hydrogens is 325 g/mol. The molecule has 1 aromatic carbocycles. The molecule has 2 aliphatic rings. The van der Waals surface area contributed by atoms with E-state index in [0.29, 0.717) is 0 Å². The van der Waals surface area contributed by atoms with Gasteiger partial charge in [0.25, 0.3) is 0 Å². The molecule has 0 radical (unpaired) electrons. The average molecular weight is 343 g/mol. The van der Waals surface area contributed by atoms with E-state index in [-0.39, 0.29) is 42.4 Å². The van der Waals surface area contributed by atoms with Crippen LogP contribution >= 0.6 is 24.8 Å². The van der Waals surface area contributed by atoms with Crippen molar-refractivity contribution >= 4 is 24.8 Å². The summed E-state index contributed by atoms with van der Waals surface area (Å²) < 4.78 is 35.4. The highest BCUT2D eigenvalue weighted by molar-refractivity contribution is 5.85. The molecule has 0 amide bonds. The molecule has 0 aliphatic carbocycles. The van der Waals surface area contributed by atoms with Gasteiger partial charge in [-0.1, -0.05) is 12.1 Å². The smallest absolute Gasteiger partial charge is 0.395 e. The number of para-hydroxylation sites is 1. The number of fused-ring (bicyclic) bond motifs is 1. The van der Waals surface area contributed by atoms with E-state index >= 15 is 0 Å². The van der Waals surface area contributed by atoms with Gasteiger partial charge in [0.2, 0.25) is 0 Å². The Labute approximate surface area is 134 Å². The number of piperazine rings is 1. The van der Waals surface area contributed by atoms with Crippen LogP contribution in [0.4, 0.5) is 8.78 Å². The van der Waals surface area contributed by atoms with E-state index in [4.69, 9.17) is 0 Å². The lowest BCUT2D eigenvalue weighted by molar-refractivity contribution is -0.287. The first-order valence-electron chi connectivity index (χ1n) is 6.40. The first-order valence-corrected chi connectivity index (χ1v) is 6.40. The summed E-state index contributed by atoms with van der Waals surface area (Å²) in [6.07, 6.45) is -3.55. The van der Waals surface area contributed by atoms with E-state index in [1.807, 2.05) is 13.0 Å². The summed E-state index contributed by atoms with van der Waals surface area (Å²) >= 11 is 0. The van der Waals surface area contributed by atoms with Gasteiger partial charge in [-0.15, -0.1) is 33.6 Å². The van der Waals surface area contributed by atoms with Crippen LogP contribution in [0.15, 0.2) is 18.2 Å². The van der Waals surface area contributed by atoms with Gasteiger partial charge in [-0.2, -0.15) is 0 Å². The second-order valence-corrected chi connectivity index (χ2v) is 4.80. The molecule has 4 nitrogen and oxygen atoms in total. The van der Waals surface area contributed by atoms with Crippen molar-refractivity contribution in [1.82, 2.24) is 10.2 Å². The van der Waals surface area contributed by atoms with Crippen molar-refractivity contribution in [2.45, 2.75) is 19.3 Å². The number of rotatable bonds is 2. The molecule has 1 N–H and O–H groups in total. The maximum atomic E-state index is 13.2. The minimum absolute atomic E-state index is 0. The zero-order valence-corrected chi connectivity index (χ0v) is 13.1. The SMILES string of the molecule is C[C@@H](c1cccc2c1OC(F)(F)O2)N1CCNCC1.Cl.Cl. The summed E-state index contributed by atoms with van der Waals surface area (Å²) in [5, 5.41) is 3.27. The van der Waals surface area contributed by atoms with Crippen LogP contribution in [0.25, 0.3) is 0 Å². The van der Waals surface area contributed by atoms with Crippen molar-refractivity contribution in [1.29, 1.82) is 0 Å². The molecule has 21 heavy (non-hydrogen) atoms. The van der Waals surface area contributed by atoms with Crippen LogP contribution in [-0.2, 0) is 0 Å². The Morgan fingerprint density at radius 1 is 1.19 bits per heavy atom. The van der Waals surface area contributed by atoms with Crippen LogP contribution in [0.3, 0.4) is 0 Å². The first kappa shape index (κ1) is 18.2. The van der Waals surface area contributed by atoms with Crippen molar-refractivity contribution in [2.75, 3.05) is 26.2 Å². The standard InChI is InChI=1S/C13H16F2N2O2.2ClH/c1-9(17-7-5-16-6-8-17)10-3-2-4-11-12(10)19-13(14,15)18-11;;/h2-4,9,16H,5-8H2,1H3;2*1H/t9-;;/m0../s1. The quantitative estimate of drug-likeness (QED) is 0.896. The normalized spacial score (nSPS) is 21.1. The highest BCUT2D eigenvalue weighted by Crippen LogP contribution is 2.45. The topological polar surface area (TPSA) is 33.7 Å². The Balaban J connectivity index is 0.00000110. The third kappa shape index (κ3) is 3.69. The van der Waals surface area contributed by atoms with Crippen molar-refractivity contribution in [3.05, 3.63) is 23.8 Å². The molecule has 1 atom stereocenters. The van der Waals surface area contributed by atoms with Gasteiger partial charge >= 0.3 is 6.29 Å².